The first kappa shape index (κ1) is 27.7. The largest absolute Gasteiger partial charge is 0.309 e. The summed E-state index contributed by atoms with van der Waals surface area (Å²) in [6, 6.07) is 53.0. The lowest BCUT2D eigenvalue weighted by Crippen LogP contribution is -1.96. The van der Waals surface area contributed by atoms with Gasteiger partial charge in [-0.15, -0.1) is 0 Å². The molecular weight excluding hydrogens is 574 g/mol. The van der Waals surface area contributed by atoms with Gasteiger partial charge < -0.3 is 4.57 Å². The van der Waals surface area contributed by atoms with Crippen molar-refractivity contribution in [3.05, 3.63) is 169 Å². The molecule has 0 bridgehead atoms. The molecule has 0 aliphatic heterocycles. The van der Waals surface area contributed by atoms with Crippen molar-refractivity contribution in [3.8, 4) is 56.8 Å². The topological polar surface area (TPSA) is 58.9 Å². The summed E-state index contributed by atoms with van der Waals surface area (Å²) in [5, 5.41) is 11.5. The molecule has 0 amide bonds. The van der Waals surface area contributed by atoms with Crippen LogP contribution in [0.4, 0.5) is 5.69 Å². The minimum absolute atomic E-state index is 0.574. The molecule has 0 saturated heterocycles. The molecule has 5 nitrogen and oxygen atoms in total. The molecule has 47 heavy (non-hydrogen) atoms. The minimum atomic E-state index is 0.574. The average Bonchev–Trinajstić information content (AvgIpc) is 3.48. The maximum Gasteiger partial charge on any atom is 0.188 e. The van der Waals surface area contributed by atoms with Gasteiger partial charge in [0.2, 0.25) is 0 Å². The first-order valence-corrected chi connectivity index (χ1v) is 15.3. The van der Waals surface area contributed by atoms with Gasteiger partial charge in [-0.1, -0.05) is 97.1 Å². The Morgan fingerprint density at radius 2 is 1.15 bits per heavy atom. The molecule has 0 saturated carbocycles. The number of aromatic nitrogens is 3. The van der Waals surface area contributed by atoms with E-state index in [0.29, 0.717) is 17.1 Å². The van der Waals surface area contributed by atoms with E-state index in [2.05, 4.69) is 82.2 Å². The summed E-state index contributed by atoms with van der Waals surface area (Å²) in [5.74, 6) is 0.688. The van der Waals surface area contributed by atoms with Crippen molar-refractivity contribution < 1.29 is 0 Å². The van der Waals surface area contributed by atoms with Crippen LogP contribution in [0, 0.1) is 17.9 Å². The second-order valence-corrected chi connectivity index (χ2v) is 11.3. The van der Waals surface area contributed by atoms with Gasteiger partial charge in [-0.05, 0) is 71.1 Å². The van der Waals surface area contributed by atoms with Crippen LogP contribution in [0.15, 0.2) is 152 Å². The predicted molar refractivity (Wildman–Crippen MR) is 189 cm³/mol. The lowest BCUT2D eigenvalue weighted by molar-refractivity contribution is 1.18. The maximum absolute atomic E-state index is 9.54. The van der Waals surface area contributed by atoms with E-state index >= 15 is 0 Å². The zero-order chi connectivity index (χ0) is 31.7. The molecule has 0 radical (unpaired) electrons. The summed E-state index contributed by atoms with van der Waals surface area (Å²) in [5.41, 5.74) is 11.1. The van der Waals surface area contributed by atoms with Crippen LogP contribution < -0.4 is 0 Å². The fraction of sp³-hybridized carbons (Fsp3) is 0. The molecule has 6 aromatic carbocycles. The standard InChI is InChI=1S/C42H25N5/c1-44-34-18-22-41-37(25-34)36-23-28(27-43)15-21-40(36)47(41)35-19-16-29(17-20-35)32-13-8-14-33(24-32)39-26-38(30-9-4-2-5-10-30)45-42(46-39)31-11-6-3-7-12-31/h2-26H. The fourth-order valence-electron chi connectivity index (χ4n) is 6.16. The normalized spacial score (nSPS) is 10.9. The molecule has 2 aromatic heterocycles. The van der Waals surface area contributed by atoms with Crippen LogP contribution in [0.1, 0.15) is 5.56 Å². The average molecular weight is 600 g/mol. The molecule has 218 valence electrons. The Kier molecular flexibility index (Phi) is 6.84. The molecule has 0 fully saturated rings. The van der Waals surface area contributed by atoms with Crippen molar-refractivity contribution in [2.45, 2.75) is 0 Å². The predicted octanol–water partition coefficient (Wildman–Crippen LogP) is 10.7. The van der Waals surface area contributed by atoms with E-state index < -0.39 is 0 Å². The monoisotopic (exact) mass is 599 g/mol. The highest BCUT2D eigenvalue weighted by Crippen LogP contribution is 2.36. The minimum Gasteiger partial charge on any atom is -0.309 e. The third-order valence-corrected chi connectivity index (χ3v) is 8.45. The van der Waals surface area contributed by atoms with Gasteiger partial charge in [0.15, 0.2) is 11.5 Å². The van der Waals surface area contributed by atoms with Crippen molar-refractivity contribution in [1.29, 1.82) is 5.26 Å². The highest BCUT2D eigenvalue weighted by Gasteiger charge is 2.15. The van der Waals surface area contributed by atoms with E-state index in [1.165, 1.54) is 0 Å². The highest BCUT2D eigenvalue weighted by atomic mass is 15.0. The lowest BCUT2D eigenvalue weighted by atomic mass is 10.0. The van der Waals surface area contributed by atoms with Crippen molar-refractivity contribution in [2.24, 2.45) is 0 Å². The molecule has 8 rings (SSSR count). The SMILES string of the molecule is [C-]#[N+]c1ccc2c(c1)c1cc(C#N)ccc1n2-c1ccc(-c2cccc(-c3cc(-c4ccccc4)nc(-c4ccccc4)n3)c2)cc1. The van der Waals surface area contributed by atoms with E-state index in [-0.39, 0.29) is 0 Å². The van der Waals surface area contributed by atoms with E-state index in [1.54, 1.807) is 0 Å². The molecular formula is C42H25N5. The summed E-state index contributed by atoms with van der Waals surface area (Å²) in [4.78, 5) is 13.6. The van der Waals surface area contributed by atoms with Gasteiger partial charge in [0.1, 0.15) is 0 Å². The summed E-state index contributed by atoms with van der Waals surface area (Å²) >= 11 is 0. The molecule has 0 N–H and O–H groups in total. The molecule has 8 aromatic rings. The van der Waals surface area contributed by atoms with E-state index in [9.17, 15) is 5.26 Å². The maximum atomic E-state index is 9.54. The van der Waals surface area contributed by atoms with Crippen molar-refractivity contribution in [3.63, 3.8) is 0 Å². The van der Waals surface area contributed by atoms with E-state index in [0.717, 1.165) is 66.7 Å². The molecule has 0 aliphatic carbocycles. The Balaban J connectivity index is 1.20. The Hall–Kier alpha value is -6.82. The number of rotatable bonds is 5. The Bertz CT molecular complexity index is 2390. The molecule has 0 aliphatic rings. The van der Waals surface area contributed by atoms with Gasteiger partial charge in [-0.2, -0.15) is 5.26 Å². The molecule has 2 heterocycles. The summed E-state index contributed by atoms with van der Waals surface area (Å²) in [6.07, 6.45) is 0. The zero-order valence-electron chi connectivity index (χ0n) is 25.2. The summed E-state index contributed by atoms with van der Waals surface area (Å²) in [7, 11) is 0. The Morgan fingerprint density at radius 3 is 1.85 bits per heavy atom. The van der Waals surface area contributed by atoms with E-state index in [1.807, 2.05) is 84.9 Å². The second-order valence-electron chi connectivity index (χ2n) is 11.3. The van der Waals surface area contributed by atoms with E-state index in [4.69, 9.17) is 16.5 Å². The highest BCUT2D eigenvalue weighted by molar-refractivity contribution is 6.10. The van der Waals surface area contributed by atoms with Gasteiger partial charge in [0.25, 0.3) is 0 Å². The van der Waals surface area contributed by atoms with Crippen LogP contribution in [0.5, 0.6) is 0 Å². The second kappa shape index (κ2) is 11.6. The van der Waals surface area contributed by atoms with Crippen LogP contribution in [0.3, 0.4) is 0 Å². The molecule has 0 spiro atoms. The quantitative estimate of drug-likeness (QED) is 0.185. The number of nitrogens with zero attached hydrogens (tertiary/aromatic N) is 5. The van der Waals surface area contributed by atoms with Crippen molar-refractivity contribution >= 4 is 27.5 Å². The molecule has 0 unspecified atom stereocenters. The Morgan fingerprint density at radius 1 is 0.532 bits per heavy atom. The van der Waals surface area contributed by atoms with Gasteiger partial charge in [-0.3, -0.25) is 0 Å². The molecule has 5 heteroatoms. The van der Waals surface area contributed by atoms with Crippen molar-refractivity contribution in [2.75, 3.05) is 0 Å². The van der Waals surface area contributed by atoms with Crippen LogP contribution in [-0.2, 0) is 0 Å². The third-order valence-electron chi connectivity index (χ3n) is 8.45. The number of hydrogen-bond acceptors (Lipinski definition) is 3. The summed E-state index contributed by atoms with van der Waals surface area (Å²) < 4.78 is 2.19. The van der Waals surface area contributed by atoms with Gasteiger partial charge in [-0.25, -0.2) is 14.8 Å². The smallest absolute Gasteiger partial charge is 0.188 e. The third kappa shape index (κ3) is 5.09. The van der Waals surface area contributed by atoms with Gasteiger partial charge in [0, 0.05) is 27.8 Å². The first-order chi connectivity index (χ1) is 23.2. The Labute approximate surface area is 272 Å². The lowest BCUT2D eigenvalue weighted by Gasteiger charge is -2.12. The zero-order valence-corrected chi connectivity index (χ0v) is 25.2. The van der Waals surface area contributed by atoms with Crippen LogP contribution in [-0.4, -0.2) is 14.5 Å². The van der Waals surface area contributed by atoms with Crippen molar-refractivity contribution in [1.82, 2.24) is 14.5 Å². The van der Waals surface area contributed by atoms with Crippen LogP contribution >= 0.6 is 0 Å². The number of nitriles is 1. The number of benzene rings is 6. The van der Waals surface area contributed by atoms with Gasteiger partial charge >= 0.3 is 0 Å². The summed E-state index contributed by atoms with van der Waals surface area (Å²) in [6.45, 7) is 7.51. The van der Waals surface area contributed by atoms with Crippen LogP contribution in [0.25, 0.3) is 77.4 Å². The first-order valence-electron chi connectivity index (χ1n) is 15.3. The number of fused-ring (bicyclic) bond motifs is 3. The fourth-order valence-corrected chi connectivity index (χ4v) is 6.16. The van der Waals surface area contributed by atoms with Gasteiger partial charge in [0.05, 0.1) is 40.6 Å². The van der Waals surface area contributed by atoms with Crippen LogP contribution in [0.2, 0.25) is 0 Å². The molecule has 0 atom stereocenters. The number of hydrogen-bond donors (Lipinski definition) is 0.